The molecule has 0 aliphatic rings. The first-order chi connectivity index (χ1) is 9.78. The van der Waals surface area contributed by atoms with Gasteiger partial charge in [-0.15, -0.1) is 0 Å². The van der Waals surface area contributed by atoms with Gasteiger partial charge in [0.2, 0.25) is 0 Å². The third kappa shape index (κ3) is 2.37. The SMILES string of the molecule is CCCNc1cc(-c2cc3cccc(C)c3o2)ncn1. The van der Waals surface area contributed by atoms with E-state index in [9.17, 15) is 0 Å². The minimum atomic E-state index is 0.774. The van der Waals surface area contributed by atoms with Crippen LogP contribution in [0.4, 0.5) is 5.82 Å². The Labute approximate surface area is 117 Å². The Balaban J connectivity index is 2.00. The second kappa shape index (κ2) is 5.33. The van der Waals surface area contributed by atoms with Crippen molar-refractivity contribution >= 4 is 16.8 Å². The number of rotatable bonds is 4. The van der Waals surface area contributed by atoms with Gasteiger partial charge in [-0.3, -0.25) is 0 Å². The lowest BCUT2D eigenvalue weighted by Crippen LogP contribution is -2.02. The molecule has 0 spiro atoms. The Kier molecular flexibility index (Phi) is 3.37. The van der Waals surface area contributed by atoms with Gasteiger partial charge in [0.25, 0.3) is 0 Å². The van der Waals surface area contributed by atoms with Crippen LogP contribution in [-0.4, -0.2) is 16.5 Å². The van der Waals surface area contributed by atoms with Crippen molar-refractivity contribution in [2.75, 3.05) is 11.9 Å². The quantitative estimate of drug-likeness (QED) is 0.775. The van der Waals surface area contributed by atoms with Gasteiger partial charge < -0.3 is 9.73 Å². The fourth-order valence-corrected chi connectivity index (χ4v) is 2.18. The van der Waals surface area contributed by atoms with Crippen LogP contribution in [0, 0.1) is 6.92 Å². The second-order valence-corrected chi connectivity index (χ2v) is 4.82. The van der Waals surface area contributed by atoms with Crippen molar-refractivity contribution in [2.45, 2.75) is 20.3 Å². The first-order valence-electron chi connectivity index (χ1n) is 6.83. The van der Waals surface area contributed by atoms with Crippen LogP contribution in [0.25, 0.3) is 22.4 Å². The molecule has 2 aromatic heterocycles. The van der Waals surface area contributed by atoms with Gasteiger partial charge in [-0.2, -0.15) is 0 Å². The Morgan fingerprint density at radius 2 is 2.10 bits per heavy atom. The van der Waals surface area contributed by atoms with E-state index in [0.717, 1.165) is 46.8 Å². The normalized spacial score (nSPS) is 10.9. The highest BCUT2D eigenvalue weighted by molar-refractivity contribution is 5.84. The van der Waals surface area contributed by atoms with Crippen LogP contribution in [0.5, 0.6) is 0 Å². The number of nitrogens with one attached hydrogen (secondary N) is 1. The lowest BCUT2D eigenvalue weighted by atomic mass is 10.2. The van der Waals surface area contributed by atoms with Crippen molar-refractivity contribution in [3.05, 3.63) is 42.2 Å². The molecule has 102 valence electrons. The van der Waals surface area contributed by atoms with Gasteiger partial charge in [-0.1, -0.05) is 25.1 Å². The van der Waals surface area contributed by atoms with Crippen molar-refractivity contribution in [3.8, 4) is 11.5 Å². The zero-order chi connectivity index (χ0) is 13.9. The molecular formula is C16H17N3O. The van der Waals surface area contributed by atoms with Gasteiger partial charge in [0.1, 0.15) is 23.4 Å². The van der Waals surface area contributed by atoms with Crippen molar-refractivity contribution < 1.29 is 4.42 Å². The summed E-state index contributed by atoms with van der Waals surface area (Å²) < 4.78 is 5.93. The van der Waals surface area contributed by atoms with Gasteiger partial charge >= 0.3 is 0 Å². The molecule has 1 N–H and O–H groups in total. The van der Waals surface area contributed by atoms with Crippen LogP contribution < -0.4 is 5.32 Å². The summed E-state index contributed by atoms with van der Waals surface area (Å²) in [6.45, 7) is 5.07. The molecule has 1 aromatic carbocycles. The summed E-state index contributed by atoms with van der Waals surface area (Å²) in [5.41, 5.74) is 2.85. The number of furan rings is 1. The number of anilines is 1. The number of hydrogen-bond donors (Lipinski definition) is 1. The first kappa shape index (κ1) is 12.7. The number of hydrogen-bond acceptors (Lipinski definition) is 4. The topological polar surface area (TPSA) is 51.0 Å². The minimum absolute atomic E-state index is 0.774. The molecule has 0 atom stereocenters. The number of para-hydroxylation sites is 1. The summed E-state index contributed by atoms with van der Waals surface area (Å²) in [4.78, 5) is 8.51. The summed E-state index contributed by atoms with van der Waals surface area (Å²) in [5.74, 6) is 1.60. The Hall–Kier alpha value is -2.36. The summed E-state index contributed by atoms with van der Waals surface area (Å²) in [6.07, 6.45) is 2.62. The highest BCUT2D eigenvalue weighted by Gasteiger charge is 2.09. The van der Waals surface area contributed by atoms with Gasteiger partial charge in [0.05, 0.1) is 0 Å². The molecule has 0 unspecified atom stereocenters. The average Bonchev–Trinajstić information content (AvgIpc) is 2.91. The highest BCUT2D eigenvalue weighted by atomic mass is 16.3. The fourth-order valence-electron chi connectivity index (χ4n) is 2.18. The number of aryl methyl sites for hydroxylation is 1. The van der Waals surface area contributed by atoms with E-state index >= 15 is 0 Å². The minimum Gasteiger partial charge on any atom is -0.454 e. The van der Waals surface area contributed by atoms with E-state index in [1.54, 1.807) is 6.33 Å². The lowest BCUT2D eigenvalue weighted by molar-refractivity contribution is 0.626. The van der Waals surface area contributed by atoms with Crippen molar-refractivity contribution in [1.29, 1.82) is 0 Å². The van der Waals surface area contributed by atoms with Crippen LogP contribution in [0.15, 0.2) is 41.1 Å². The van der Waals surface area contributed by atoms with E-state index in [1.165, 1.54) is 0 Å². The van der Waals surface area contributed by atoms with Crippen LogP contribution >= 0.6 is 0 Å². The molecule has 0 bridgehead atoms. The summed E-state index contributed by atoms with van der Waals surface area (Å²) >= 11 is 0. The number of aromatic nitrogens is 2. The smallest absolute Gasteiger partial charge is 0.154 e. The molecule has 2 heterocycles. The van der Waals surface area contributed by atoms with Crippen LogP contribution in [0.2, 0.25) is 0 Å². The molecule has 20 heavy (non-hydrogen) atoms. The second-order valence-electron chi connectivity index (χ2n) is 4.82. The van der Waals surface area contributed by atoms with E-state index in [0.29, 0.717) is 0 Å². The van der Waals surface area contributed by atoms with Crippen molar-refractivity contribution in [1.82, 2.24) is 9.97 Å². The largest absolute Gasteiger partial charge is 0.454 e. The molecule has 0 aliphatic carbocycles. The van der Waals surface area contributed by atoms with Crippen LogP contribution in [-0.2, 0) is 0 Å². The predicted octanol–water partition coefficient (Wildman–Crippen LogP) is 4.02. The lowest BCUT2D eigenvalue weighted by Gasteiger charge is -2.03. The van der Waals surface area contributed by atoms with Gasteiger partial charge in [-0.05, 0) is 25.0 Å². The number of benzene rings is 1. The van der Waals surface area contributed by atoms with Gasteiger partial charge in [0, 0.05) is 18.0 Å². The van der Waals surface area contributed by atoms with Gasteiger partial charge in [-0.25, -0.2) is 9.97 Å². The molecule has 0 saturated heterocycles. The van der Waals surface area contributed by atoms with Crippen LogP contribution in [0.3, 0.4) is 0 Å². The third-order valence-corrected chi connectivity index (χ3v) is 3.22. The standard InChI is InChI=1S/C16H17N3O/c1-3-7-17-15-9-13(18-10-19-15)14-8-12-6-4-5-11(2)16(12)20-14/h4-6,8-10H,3,7H2,1-2H3,(H,17,18,19). The molecule has 0 radical (unpaired) electrons. The molecule has 0 fully saturated rings. The number of nitrogens with zero attached hydrogens (tertiary/aromatic N) is 2. The number of fused-ring (bicyclic) bond motifs is 1. The Morgan fingerprint density at radius 1 is 1.20 bits per heavy atom. The van der Waals surface area contributed by atoms with Crippen LogP contribution in [0.1, 0.15) is 18.9 Å². The maximum atomic E-state index is 5.93. The molecular weight excluding hydrogens is 250 g/mol. The average molecular weight is 267 g/mol. The highest BCUT2D eigenvalue weighted by Crippen LogP contribution is 2.29. The van der Waals surface area contributed by atoms with E-state index in [-0.39, 0.29) is 0 Å². The zero-order valence-corrected chi connectivity index (χ0v) is 11.7. The predicted molar refractivity (Wildman–Crippen MR) is 80.8 cm³/mol. The third-order valence-electron chi connectivity index (χ3n) is 3.22. The molecule has 0 aliphatic heterocycles. The monoisotopic (exact) mass is 267 g/mol. The van der Waals surface area contributed by atoms with E-state index < -0.39 is 0 Å². The van der Waals surface area contributed by atoms with Crippen molar-refractivity contribution in [3.63, 3.8) is 0 Å². The maximum absolute atomic E-state index is 5.93. The molecule has 3 rings (SSSR count). The molecule has 0 amide bonds. The molecule has 3 aromatic rings. The Bertz CT molecular complexity index is 733. The zero-order valence-electron chi connectivity index (χ0n) is 11.7. The maximum Gasteiger partial charge on any atom is 0.154 e. The van der Waals surface area contributed by atoms with E-state index in [2.05, 4.69) is 22.2 Å². The van der Waals surface area contributed by atoms with Gasteiger partial charge in [0.15, 0.2) is 5.76 Å². The summed E-state index contributed by atoms with van der Waals surface area (Å²) in [6, 6.07) is 10.1. The summed E-state index contributed by atoms with van der Waals surface area (Å²) in [7, 11) is 0. The first-order valence-corrected chi connectivity index (χ1v) is 6.83. The Morgan fingerprint density at radius 3 is 2.90 bits per heavy atom. The molecule has 4 heteroatoms. The van der Waals surface area contributed by atoms with Crippen molar-refractivity contribution in [2.24, 2.45) is 0 Å². The van der Waals surface area contributed by atoms with E-state index in [1.807, 2.05) is 37.3 Å². The molecule has 0 saturated carbocycles. The molecule has 4 nitrogen and oxygen atoms in total. The van der Waals surface area contributed by atoms with E-state index in [4.69, 9.17) is 4.42 Å². The summed E-state index contributed by atoms with van der Waals surface area (Å²) in [5, 5.41) is 4.36. The fraction of sp³-hybridized carbons (Fsp3) is 0.250.